The molecule has 3 aliphatic rings. The number of imidazole rings is 1. The molecule has 9 heteroatoms. The number of hydrogen-bond acceptors (Lipinski definition) is 6. The summed E-state index contributed by atoms with van der Waals surface area (Å²) in [5.74, 6) is -0.786. The molecule has 2 unspecified atom stereocenters. The molecular weight excluding hydrogens is 496 g/mol. The smallest absolute Gasteiger partial charge is 0.354 e. The molecule has 0 radical (unpaired) electrons. The molecule has 1 saturated heterocycles. The molecule has 0 amide bonds. The average molecular weight is 525 g/mol. The van der Waals surface area contributed by atoms with Crippen molar-refractivity contribution in [1.29, 1.82) is 0 Å². The van der Waals surface area contributed by atoms with E-state index in [9.17, 15) is 14.7 Å². The number of H-pyrrole nitrogens is 1. The molecule has 0 saturated carbocycles. The van der Waals surface area contributed by atoms with Crippen LogP contribution in [-0.2, 0) is 9.53 Å². The lowest BCUT2D eigenvalue weighted by Crippen LogP contribution is -2.26. The lowest BCUT2D eigenvalue weighted by Gasteiger charge is -2.32. The number of benzene rings is 2. The zero-order valence-corrected chi connectivity index (χ0v) is 21.3. The molecular formula is C30H28N4O5. The first-order valence-electron chi connectivity index (χ1n) is 13.4. The molecule has 2 aromatic heterocycles. The summed E-state index contributed by atoms with van der Waals surface area (Å²) in [4.78, 5) is 32.7. The van der Waals surface area contributed by atoms with Gasteiger partial charge in [0.2, 0.25) is 0 Å². The number of nitrogens with zero attached hydrogens (tertiary/aromatic N) is 2. The highest BCUT2D eigenvalue weighted by molar-refractivity contribution is 6.03. The van der Waals surface area contributed by atoms with Crippen LogP contribution in [0.25, 0.3) is 11.0 Å². The van der Waals surface area contributed by atoms with Gasteiger partial charge in [-0.15, -0.1) is 0 Å². The first-order chi connectivity index (χ1) is 19.1. The number of allylic oxidation sites excluding steroid dienone is 2. The number of para-hydroxylation sites is 2. The van der Waals surface area contributed by atoms with Crippen molar-refractivity contribution in [2.75, 3.05) is 11.9 Å². The summed E-state index contributed by atoms with van der Waals surface area (Å²) < 4.78 is 14.6. The molecule has 2 atom stereocenters. The van der Waals surface area contributed by atoms with Gasteiger partial charge < -0.3 is 24.9 Å². The maximum Gasteiger partial charge on any atom is 0.354 e. The van der Waals surface area contributed by atoms with Crippen LogP contribution in [0.1, 0.15) is 72.3 Å². The molecule has 4 heterocycles. The largest absolute Gasteiger partial charge is 0.477 e. The van der Waals surface area contributed by atoms with Gasteiger partial charge in [-0.05, 0) is 61.9 Å². The minimum absolute atomic E-state index is 0.0834. The highest BCUT2D eigenvalue weighted by Crippen LogP contribution is 2.47. The standard InChI is InChI=1S/C30H28N4O5/c35-23-12-6-10-21-26(23)25(19-16-31-28(29(36)37)27(19)32-21)17-7-5-8-18(15-17)39-30-33-20-9-1-2-11-22(20)34(30)24-13-3-4-14-38-24/h1-2,5,7-9,11,15-16,24-25,31-32H,3-4,6,10,12-14H2,(H,36,37). The Morgan fingerprint density at radius 1 is 1.10 bits per heavy atom. The molecule has 0 bridgehead atoms. The third-order valence-corrected chi connectivity index (χ3v) is 7.86. The quantitative estimate of drug-likeness (QED) is 0.288. The van der Waals surface area contributed by atoms with E-state index in [2.05, 4.69) is 10.3 Å². The number of Topliss-reactive ketones (excluding diaryl/α,β-unsaturated/α-hetero) is 1. The molecule has 1 aliphatic carbocycles. The Morgan fingerprint density at radius 2 is 2.00 bits per heavy atom. The van der Waals surface area contributed by atoms with Crippen molar-refractivity contribution < 1.29 is 24.2 Å². The van der Waals surface area contributed by atoms with Gasteiger partial charge in [-0.2, -0.15) is 4.98 Å². The van der Waals surface area contributed by atoms with Crippen LogP contribution in [0.15, 0.2) is 66.0 Å². The number of aromatic carboxylic acids is 1. The number of ketones is 1. The van der Waals surface area contributed by atoms with E-state index in [0.717, 1.165) is 53.5 Å². The molecule has 2 aliphatic heterocycles. The van der Waals surface area contributed by atoms with Crippen LogP contribution in [0.4, 0.5) is 5.69 Å². The predicted molar refractivity (Wildman–Crippen MR) is 144 cm³/mol. The van der Waals surface area contributed by atoms with Crippen molar-refractivity contribution in [2.24, 2.45) is 0 Å². The van der Waals surface area contributed by atoms with E-state index in [-0.39, 0.29) is 17.7 Å². The summed E-state index contributed by atoms with van der Waals surface area (Å²) in [6.07, 6.45) is 6.44. The first kappa shape index (κ1) is 23.7. The van der Waals surface area contributed by atoms with Crippen LogP contribution < -0.4 is 10.1 Å². The van der Waals surface area contributed by atoms with Crippen LogP contribution in [0, 0.1) is 0 Å². The number of ether oxygens (including phenoxy) is 2. The van der Waals surface area contributed by atoms with Gasteiger partial charge in [-0.1, -0.05) is 24.3 Å². The van der Waals surface area contributed by atoms with Gasteiger partial charge in [0.15, 0.2) is 5.78 Å². The Labute approximate surface area is 224 Å². The molecule has 0 spiro atoms. The van der Waals surface area contributed by atoms with Gasteiger partial charge >= 0.3 is 12.0 Å². The highest BCUT2D eigenvalue weighted by atomic mass is 16.5. The van der Waals surface area contributed by atoms with Crippen molar-refractivity contribution in [3.05, 3.63) is 82.8 Å². The third kappa shape index (κ3) is 4.01. The van der Waals surface area contributed by atoms with Crippen molar-refractivity contribution >= 4 is 28.5 Å². The SMILES string of the molecule is O=C1CCCC2=C1C(c1cccc(Oc3nc4ccccc4n3C3CCCCO3)c1)c1c[nH]c(C(=O)O)c1N2. The van der Waals surface area contributed by atoms with E-state index < -0.39 is 11.9 Å². The minimum atomic E-state index is -1.05. The second kappa shape index (κ2) is 9.43. The Morgan fingerprint density at radius 3 is 2.85 bits per heavy atom. The summed E-state index contributed by atoms with van der Waals surface area (Å²) in [6, 6.07) is 16.0. The summed E-state index contributed by atoms with van der Waals surface area (Å²) in [7, 11) is 0. The first-order valence-corrected chi connectivity index (χ1v) is 13.4. The van der Waals surface area contributed by atoms with Crippen LogP contribution in [0.2, 0.25) is 0 Å². The Bertz CT molecular complexity index is 1640. The Balaban J connectivity index is 1.31. The molecule has 7 rings (SSSR count). The van der Waals surface area contributed by atoms with Crippen LogP contribution in [0.5, 0.6) is 11.8 Å². The van der Waals surface area contributed by atoms with E-state index >= 15 is 0 Å². The van der Waals surface area contributed by atoms with Crippen LogP contribution in [-0.4, -0.2) is 38.0 Å². The second-order valence-corrected chi connectivity index (χ2v) is 10.3. The van der Waals surface area contributed by atoms with Crippen molar-refractivity contribution in [3.8, 4) is 11.8 Å². The summed E-state index contributed by atoms with van der Waals surface area (Å²) in [5, 5.41) is 13.0. The highest BCUT2D eigenvalue weighted by Gasteiger charge is 2.38. The van der Waals surface area contributed by atoms with Crippen LogP contribution >= 0.6 is 0 Å². The number of aromatic nitrogens is 3. The maximum atomic E-state index is 13.2. The fraction of sp³-hybridized carbons (Fsp3) is 0.300. The maximum absolute atomic E-state index is 13.2. The van der Waals surface area contributed by atoms with Crippen LogP contribution in [0.3, 0.4) is 0 Å². The number of carboxylic acids is 1. The second-order valence-electron chi connectivity index (χ2n) is 10.3. The van der Waals surface area contributed by atoms with Crippen molar-refractivity contribution in [3.63, 3.8) is 0 Å². The number of rotatable bonds is 5. The van der Waals surface area contributed by atoms with E-state index in [4.69, 9.17) is 14.5 Å². The number of aromatic amines is 1. The normalized spacial score (nSPS) is 20.9. The average Bonchev–Trinajstić information content (AvgIpc) is 3.54. The van der Waals surface area contributed by atoms with Gasteiger partial charge in [0.1, 0.15) is 17.7 Å². The third-order valence-electron chi connectivity index (χ3n) is 7.86. The molecule has 198 valence electrons. The van der Waals surface area contributed by atoms with E-state index in [1.807, 2.05) is 53.1 Å². The fourth-order valence-electron chi connectivity index (χ4n) is 6.11. The zero-order valence-electron chi connectivity index (χ0n) is 21.3. The Kier molecular flexibility index (Phi) is 5.73. The van der Waals surface area contributed by atoms with E-state index in [1.165, 1.54) is 0 Å². The monoisotopic (exact) mass is 524 g/mol. The molecule has 2 aromatic carbocycles. The Hall–Kier alpha value is -4.37. The summed E-state index contributed by atoms with van der Waals surface area (Å²) in [6.45, 7) is 0.699. The van der Waals surface area contributed by atoms with Gasteiger partial charge in [-0.25, -0.2) is 4.79 Å². The number of carbonyl (C=O) groups is 2. The van der Waals surface area contributed by atoms with Gasteiger partial charge in [0, 0.05) is 42.0 Å². The summed E-state index contributed by atoms with van der Waals surface area (Å²) >= 11 is 0. The number of hydrogen-bond donors (Lipinski definition) is 3. The molecule has 1 fully saturated rings. The lowest BCUT2D eigenvalue weighted by atomic mass is 9.76. The van der Waals surface area contributed by atoms with Gasteiger partial charge in [-0.3, -0.25) is 9.36 Å². The van der Waals surface area contributed by atoms with E-state index in [1.54, 1.807) is 6.20 Å². The zero-order chi connectivity index (χ0) is 26.5. The molecule has 3 N–H and O–H groups in total. The summed E-state index contributed by atoms with van der Waals surface area (Å²) in [5.41, 5.74) is 5.48. The van der Waals surface area contributed by atoms with Gasteiger partial charge in [0.25, 0.3) is 0 Å². The number of carboxylic acid groups (broad SMARTS) is 1. The number of carbonyl (C=O) groups excluding carboxylic acids is 1. The number of fused-ring (bicyclic) bond motifs is 2. The molecule has 39 heavy (non-hydrogen) atoms. The van der Waals surface area contributed by atoms with E-state index in [0.29, 0.717) is 42.5 Å². The fourth-order valence-corrected chi connectivity index (χ4v) is 6.11. The number of anilines is 1. The minimum Gasteiger partial charge on any atom is -0.477 e. The van der Waals surface area contributed by atoms with Crippen molar-refractivity contribution in [2.45, 2.75) is 50.7 Å². The molecule has 9 nitrogen and oxygen atoms in total. The predicted octanol–water partition coefficient (Wildman–Crippen LogP) is 6.12. The van der Waals surface area contributed by atoms with Crippen molar-refractivity contribution in [1.82, 2.24) is 14.5 Å². The topological polar surface area (TPSA) is 118 Å². The molecule has 4 aromatic rings. The van der Waals surface area contributed by atoms with Gasteiger partial charge in [0.05, 0.1) is 16.7 Å². The number of nitrogens with one attached hydrogen (secondary N) is 2. The lowest BCUT2D eigenvalue weighted by molar-refractivity contribution is -0.116.